The van der Waals surface area contributed by atoms with Crippen molar-refractivity contribution in [2.75, 3.05) is 0 Å². The van der Waals surface area contributed by atoms with E-state index in [1.165, 1.54) is 147 Å². The molecule has 0 spiro atoms. The van der Waals surface area contributed by atoms with Crippen LogP contribution in [-0.4, -0.2) is 4.57 Å². The molecule has 0 aromatic carbocycles. The highest BCUT2D eigenvalue weighted by Crippen LogP contribution is 2.12. The van der Waals surface area contributed by atoms with Crippen molar-refractivity contribution in [1.29, 1.82) is 0 Å². The van der Waals surface area contributed by atoms with Gasteiger partial charge in [-0.15, -0.1) is 0 Å². The van der Waals surface area contributed by atoms with Gasteiger partial charge in [0.15, 0.2) is 0 Å². The van der Waals surface area contributed by atoms with Crippen LogP contribution >= 0.6 is 0 Å². The Kier molecular flexibility index (Phi) is 21.7. The fourth-order valence-corrected chi connectivity index (χ4v) is 4.55. The molecule has 31 heavy (non-hydrogen) atoms. The second-order valence-electron chi connectivity index (χ2n) is 9.60. The number of aryl methyl sites for hydroxylation is 2. The first-order valence-corrected chi connectivity index (χ1v) is 13.8. The molecule has 0 aliphatic carbocycles. The number of aromatic nitrogens is 2. The molecule has 0 aliphatic heterocycles. The zero-order valence-electron chi connectivity index (χ0n) is 21.5. The molecular formula is C28H55FN2. The Morgan fingerprint density at radius 1 is 0.581 bits per heavy atom. The summed E-state index contributed by atoms with van der Waals surface area (Å²) >= 11 is 0. The van der Waals surface area contributed by atoms with Crippen LogP contribution in [0.2, 0.25) is 0 Å². The van der Waals surface area contributed by atoms with Crippen LogP contribution in [0.4, 0.5) is 0 Å². The molecule has 0 amide bonds. The van der Waals surface area contributed by atoms with Crippen molar-refractivity contribution in [1.82, 2.24) is 4.57 Å². The van der Waals surface area contributed by atoms with Gasteiger partial charge in [-0.3, -0.25) is 0 Å². The van der Waals surface area contributed by atoms with E-state index in [1.807, 2.05) is 0 Å². The Labute approximate surface area is 194 Å². The van der Waals surface area contributed by atoms with Crippen molar-refractivity contribution in [3.05, 3.63) is 18.2 Å². The highest BCUT2D eigenvalue weighted by molar-refractivity contribution is 4.79. The van der Waals surface area contributed by atoms with Gasteiger partial charge in [0.05, 0.1) is 13.1 Å². The molecule has 1 rings (SSSR count). The Balaban J connectivity index is 0.00000900. The fourth-order valence-electron chi connectivity index (χ4n) is 4.55. The van der Waals surface area contributed by atoms with E-state index in [4.69, 9.17) is 0 Å². The minimum absolute atomic E-state index is 0. The monoisotopic (exact) mass is 438 g/mol. The average Bonchev–Trinajstić information content (AvgIpc) is 3.10. The normalized spacial score (nSPS) is 11.1. The van der Waals surface area contributed by atoms with Crippen LogP contribution in [0.5, 0.6) is 0 Å². The van der Waals surface area contributed by atoms with Gasteiger partial charge < -0.3 is 4.70 Å². The van der Waals surface area contributed by atoms with E-state index in [0.717, 1.165) is 0 Å². The van der Waals surface area contributed by atoms with Crippen molar-refractivity contribution in [2.45, 2.75) is 162 Å². The van der Waals surface area contributed by atoms with Gasteiger partial charge in [0.25, 0.3) is 5.82 Å². The zero-order valence-corrected chi connectivity index (χ0v) is 21.5. The predicted octanol–water partition coefficient (Wildman–Crippen LogP) is 5.93. The number of hydrogen-bond acceptors (Lipinski definition) is 0. The summed E-state index contributed by atoms with van der Waals surface area (Å²) in [6.07, 6.45) is 33.0. The van der Waals surface area contributed by atoms with E-state index in [2.05, 4.69) is 42.3 Å². The van der Waals surface area contributed by atoms with Gasteiger partial charge in [-0.2, -0.15) is 0 Å². The van der Waals surface area contributed by atoms with Gasteiger partial charge in [-0.05, 0) is 25.7 Å². The molecule has 0 aliphatic rings. The molecule has 1 aromatic heterocycles. The standard InChI is InChI=1S/C28H55N2.FH/c1-4-6-8-10-12-14-16-18-20-22-24-29-26-27-30(28(29)3)25-23-21-19-17-15-13-11-9-7-5-2;/h26-27H,4-25H2,1-3H3;1H/q+1;/p-1. The Bertz CT molecular complexity index is 442. The molecule has 0 N–H and O–H groups in total. The summed E-state index contributed by atoms with van der Waals surface area (Å²) in [5.41, 5.74) is 0. The van der Waals surface area contributed by atoms with E-state index >= 15 is 0 Å². The van der Waals surface area contributed by atoms with Gasteiger partial charge in [-0.25, -0.2) is 9.13 Å². The summed E-state index contributed by atoms with van der Waals surface area (Å²) in [6, 6.07) is 0. The molecule has 3 heteroatoms. The molecule has 0 saturated carbocycles. The van der Waals surface area contributed by atoms with Gasteiger partial charge in [-0.1, -0.05) is 117 Å². The first kappa shape index (κ1) is 30.1. The quantitative estimate of drug-likeness (QED) is 0.157. The highest BCUT2D eigenvalue weighted by atomic mass is 19.0. The second-order valence-corrected chi connectivity index (χ2v) is 9.60. The molecular weight excluding hydrogens is 383 g/mol. The third-order valence-corrected chi connectivity index (χ3v) is 6.76. The van der Waals surface area contributed by atoms with Crippen LogP contribution in [-0.2, 0) is 13.1 Å². The smallest absolute Gasteiger partial charge is 0.253 e. The Morgan fingerprint density at radius 3 is 1.42 bits per heavy atom. The van der Waals surface area contributed by atoms with Crippen LogP contribution < -0.4 is 9.27 Å². The third-order valence-electron chi connectivity index (χ3n) is 6.76. The van der Waals surface area contributed by atoms with Crippen molar-refractivity contribution >= 4 is 0 Å². The van der Waals surface area contributed by atoms with Crippen LogP contribution in [0.1, 0.15) is 148 Å². The van der Waals surface area contributed by atoms with Gasteiger partial charge in [0, 0.05) is 6.92 Å². The molecule has 0 atom stereocenters. The van der Waals surface area contributed by atoms with Gasteiger partial charge >= 0.3 is 0 Å². The molecule has 0 unspecified atom stereocenters. The highest BCUT2D eigenvalue weighted by Gasteiger charge is 2.11. The van der Waals surface area contributed by atoms with Crippen molar-refractivity contribution in [3.8, 4) is 0 Å². The molecule has 0 bridgehead atoms. The first-order chi connectivity index (χ1) is 14.8. The number of halogens is 1. The predicted molar refractivity (Wildman–Crippen MR) is 133 cm³/mol. The molecule has 0 fully saturated rings. The van der Waals surface area contributed by atoms with Crippen LogP contribution in [0.25, 0.3) is 0 Å². The summed E-state index contributed by atoms with van der Waals surface area (Å²) < 4.78 is 4.95. The maximum Gasteiger partial charge on any atom is 0.253 e. The summed E-state index contributed by atoms with van der Waals surface area (Å²) in [5.74, 6) is 1.45. The Hall–Kier alpha value is -0.860. The maximum absolute atomic E-state index is 2.47. The number of nitrogens with zero attached hydrogens (tertiary/aromatic N) is 2. The minimum Gasteiger partial charge on any atom is -1.00 e. The summed E-state index contributed by atoms with van der Waals surface area (Å²) in [7, 11) is 0. The topological polar surface area (TPSA) is 8.81 Å². The van der Waals surface area contributed by atoms with E-state index in [9.17, 15) is 0 Å². The lowest BCUT2D eigenvalue weighted by Crippen LogP contribution is -3.00. The van der Waals surface area contributed by atoms with Gasteiger partial charge in [0.2, 0.25) is 0 Å². The molecule has 1 aromatic rings. The fraction of sp³-hybridized carbons (Fsp3) is 0.893. The molecule has 0 saturated heterocycles. The number of hydrogen-bond donors (Lipinski definition) is 0. The van der Waals surface area contributed by atoms with Crippen molar-refractivity contribution < 1.29 is 9.27 Å². The van der Waals surface area contributed by atoms with E-state index in [1.54, 1.807) is 0 Å². The number of imidazole rings is 1. The average molecular weight is 439 g/mol. The van der Waals surface area contributed by atoms with Crippen LogP contribution in [0.3, 0.4) is 0 Å². The summed E-state index contributed by atoms with van der Waals surface area (Å²) in [5, 5.41) is 0. The van der Waals surface area contributed by atoms with E-state index in [0.29, 0.717) is 0 Å². The molecule has 0 radical (unpaired) electrons. The Morgan fingerprint density at radius 2 is 0.968 bits per heavy atom. The van der Waals surface area contributed by atoms with E-state index in [-0.39, 0.29) is 4.70 Å². The van der Waals surface area contributed by atoms with Crippen LogP contribution in [0, 0.1) is 6.92 Å². The lowest BCUT2D eigenvalue weighted by molar-refractivity contribution is -0.702. The molecule has 1 heterocycles. The minimum atomic E-state index is 0. The number of rotatable bonds is 22. The zero-order chi connectivity index (χ0) is 21.7. The third kappa shape index (κ3) is 16.4. The lowest BCUT2D eigenvalue weighted by Gasteiger charge is -2.04. The van der Waals surface area contributed by atoms with Crippen molar-refractivity contribution in [3.63, 3.8) is 0 Å². The largest absolute Gasteiger partial charge is 1.00 e. The maximum atomic E-state index is 2.47. The van der Waals surface area contributed by atoms with E-state index < -0.39 is 0 Å². The summed E-state index contributed by atoms with van der Waals surface area (Å²) in [4.78, 5) is 0. The second kappa shape index (κ2) is 22.3. The summed E-state index contributed by atoms with van der Waals surface area (Å²) in [6.45, 7) is 9.30. The van der Waals surface area contributed by atoms with Crippen LogP contribution in [0.15, 0.2) is 12.4 Å². The lowest BCUT2D eigenvalue weighted by atomic mass is 10.1. The first-order valence-electron chi connectivity index (χ1n) is 13.8. The SMILES string of the molecule is CCCCCCCCCCCCn1cc[n+](CCCCCCCCCCCC)c1C.[F-]. The molecule has 184 valence electrons. The van der Waals surface area contributed by atoms with Gasteiger partial charge in [0.1, 0.15) is 12.4 Å². The van der Waals surface area contributed by atoms with Crippen molar-refractivity contribution in [2.24, 2.45) is 0 Å². The number of unbranched alkanes of at least 4 members (excludes halogenated alkanes) is 18. The molecule has 2 nitrogen and oxygen atoms in total.